The molecule has 0 bridgehead atoms. The first-order valence-corrected chi connectivity index (χ1v) is 9.04. The van der Waals surface area contributed by atoms with E-state index in [0.29, 0.717) is 0 Å². The molecule has 2 aliphatic rings. The van der Waals surface area contributed by atoms with Gasteiger partial charge in [-0.2, -0.15) is 0 Å². The standard InChI is InChI=1S/C17H25BrN2/c18-17-7-3-2-6-15(17)14-19-12-8-16(9-13-19)20-10-4-1-5-11-20/h2-3,6-7,16H,1,4-5,8-14H2/p+2. The zero-order chi connectivity index (χ0) is 13.8. The van der Waals surface area contributed by atoms with Crippen LogP contribution in [0.15, 0.2) is 28.7 Å². The Labute approximate surface area is 131 Å². The van der Waals surface area contributed by atoms with Crippen LogP contribution in [0.1, 0.15) is 37.7 Å². The molecule has 1 aromatic rings. The monoisotopic (exact) mass is 338 g/mol. The normalized spacial score (nSPS) is 28.4. The van der Waals surface area contributed by atoms with Crippen molar-refractivity contribution in [3.05, 3.63) is 34.3 Å². The molecule has 110 valence electrons. The maximum absolute atomic E-state index is 3.68. The molecule has 2 nitrogen and oxygen atoms in total. The van der Waals surface area contributed by atoms with Gasteiger partial charge in [-0.3, -0.25) is 0 Å². The van der Waals surface area contributed by atoms with E-state index < -0.39 is 0 Å². The number of quaternary nitrogens is 2. The first-order chi connectivity index (χ1) is 9.83. The van der Waals surface area contributed by atoms with Gasteiger partial charge in [-0.15, -0.1) is 0 Å². The van der Waals surface area contributed by atoms with Crippen molar-refractivity contribution in [3.63, 3.8) is 0 Å². The van der Waals surface area contributed by atoms with E-state index in [1.54, 1.807) is 4.90 Å². The molecule has 2 heterocycles. The smallest absolute Gasteiger partial charge is 0.104 e. The average molecular weight is 339 g/mol. The lowest BCUT2D eigenvalue weighted by atomic mass is 9.99. The predicted octanol–water partition coefficient (Wildman–Crippen LogP) is 1.07. The number of likely N-dealkylation sites (tertiary alicyclic amines) is 2. The highest BCUT2D eigenvalue weighted by atomic mass is 79.9. The maximum Gasteiger partial charge on any atom is 0.104 e. The zero-order valence-corrected chi connectivity index (χ0v) is 13.9. The second-order valence-electron chi connectivity index (χ2n) is 6.51. The minimum atomic E-state index is 0.957. The minimum Gasteiger partial charge on any atom is -0.332 e. The van der Waals surface area contributed by atoms with Gasteiger partial charge < -0.3 is 9.80 Å². The highest BCUT2D eigenvalue weighted by Crippen LogP contribution is 2.14. The number of halogens is 1. The molecule has 1 aromatic carbocycles. The summed E-state index contributed by atoms with van der Waals surface area (Å²) in [7, 11) is 0. The molecular weight excluding hydrogens is 312 g/mol. The third-order valence-electron chi connectivity index (χ3n) is 5.16. The van der Waals surface area contributed by atoms with Crippen LogP contribution in [0.3, 0.4) is 0 Å². The SMILES string of the molecule is Brc1ccccc1C[NH+]1CCC([NH+]2CCCCC2)CC1. The van der Waals surface area contributed by atoms with Gasteiger partial charge in [-0.25, -0.2) is 0 Å². The molecule has 20 heavy (non-hydrogen) atoms. The Hall–Kier alpha value is -0.380. The van der Waals surface area contributed by atoms with Crippen LogP contribution in [-0.4, -0.2) is 32.2 Å². The van der Waals surface area contributed by atoms with Gasteiger partial charge in [0.2, 0.25) is 0 Å². The van der Waals surface area contributed by atoms with E-state index >= 15 is 0 Å². The fourth-order valence-electron chi connectivity index (χ4n) is 3.94. The first-order valence-electron chi connectivity index (χ1n) is 8.24. The molecule has 2 fully saturated rings. The van der Waals surface area contributed by atoms with Gasteiger partial charge in [0.15, 0.2) is 0 Å². The largest absolute Gasteiger partial charge is 0.332 e. The van der Waals surface area contributed by atoms with Gasteiger partial charge in [0, 0.05) is 22.9 Å². The number of hydrogen-bond acceptors (Lipinski definition) is 0. The van der Waals surface area contributed by atoms with E-state index in [1.807, 2.05) is 4.90 Å². The van der Waals surface area contributed by atoms with Crippen molar-refractivity contribution in [2.24, 2.45) is 0 Å². The summed E-state index contributed by atoms with van der Waals surface area (Å²) >= 11 is 3.68. The Morgan fingerprint density at radius 2 is 1.65 bits per heavy atom. The molecule has 0 aromatic heterocycles. The molecule has 0 amide bonds. The Balaban J connectivity index is 1.50. The van der Waals surface area contributed by atoms with Crippen LogP contribution >= 0.6 is 15.9 Å². The Morgan fingerprint density at radius 1 is 0.950 bits per heavy atom. The van der Waals surface area contributed by atoms with Crippen molar-refractivity contribution >= 4 is 15.9 Å². The Kier molecular flexibility index (Phi) is 5.14. The minimum absolute atomic E-state index is 0.957. The quantitative estimate of drug-likeness (QED) is 0.815. The summed E-state index contributed by atoms with van der Waals surface area (Å²) in [5.41, 5.74) is 1.46. The van der Waals surface area contributed by atoms with E-state index in [9.17, 15) is 0 Å². The van der Waals surface area contributed by atoms with Gasteiger partial charge in [-0.1, -0.05) is 34.1 Å². The van der Waals surface area contributed by atoms with Crippen molar-refractivity contribution in [3.8, 4) is 0 Å². The van der Waals surface area contributed by atoms with Crippen LogP contribution in [0.2, 0.25) is 0 Å². The number of rotatable bonds is 3. The summed E-state index contributed by atoms with van der Waals surface area (Å²) in [6.07, 6.45) is 7.23. The van der Waals surface area contributed by atoms with Gasteiger partial charge in [0.05, 0.1) is 32.2 Å². The van der Waals surface area contributed by atoms with Gasteiger partial charge in [0.25, 0.3) is 0 Å². The van der Waals surface area contributed by atoms with Crippen LogP contribution in [0, 0.1) is 0 Å². The van der Waals surface area contributed by atoms with Crippen molar-refractivity contribution < 1.29 is 9.80 Å². The van der Waals surface area contributed by atoms with Crippen molar-refractivity contribution in [2.75, 3.05) is 26.2 Å². The van der Waals surface area contributed by atoms with Crippen molar-refractivity contribution in [1.82, 2.24) is 0 Å². The van der Waals surface area contributed by atoms with Crippen LogP contribution in [-0.2, 0) is 6.54 Å². The molecule has 0 aliphatic carbocycles. The summed E-state index contributed by atoms with van der Waals surface area (Å²) in [5, 5.41) is 0. The summed E-state index contributed by atoms with van der Waals surface area (Å²) in [5.74, 6) is 0. The molecule has 0 radical (unpaired) electrons. The maximum atomic E-state index is 3.68. The third kappa shape index (κ3) is 3.63. The molecule has 2 saturated heterocycles. The summed E-state index contributed by atoms with van der Waals surface area (Å²) in [6, 6.07) is 9.65. The van der Waals surface area contributed by atoms with Crippen molar-refractivity contribution in [1.29, 1.82) is 0 Å². The number of hydrogen-bond donors (Lipinski definition) is 2. The molecule has 0 atom stereocenters. The predicted molar refractivity (Wildman–Crippen MR) is 86.1 cm³/mol. The van der Waals surface area contributed by atoms with Gasteiger partial charge >= 0.3 is 0 Å². The van der Waals surface area contributed by atoms with E-state index in [1.165, 1.54) is 74.9 Å². The molecule has 0 spiro atoms. The van der Waals surface area contributed by atoms with Crippen LogP contribution in [0.25, 0.3) is 0 Å². The van der Waals surface area contributed by atoms with Crippen LogP contribution in [0.4, 0.5) is 0 Å². The summed E-state index contributed by atoms with van der Waals surface area (Å²) in [4.78, 5) is 3.68. The summed E-state index contributed by atoms with van der Waals surface area (Å²) < 4.78 is 1.27. The highest BCUT2D eigenvalue weighted by Gasteiger charge is 2.30. The number of piperidine rings is 2. The second kappa shape index (κ2) is 7.06. The van der Waals surface area contributed by atoms with Gasteiger partial charge in [0.1, 0.15) is 6.54 Å². The topological polar surface area (TPSA) is 8.88 Å². The Bertz CT molecular complexity index is 421. The fourth-order valence-corrected chi connectivity index (χ4v) is 4.36. The molecule has 0 saturated carbocycles. The lowest BCUT2D eigenvalue weighted by Gasteiger charge is -2.36. The van der Waals surface area contributed by atoms with E-state index in [0.717, 1.165) is 6.04 Å². The Morgan fingerprint density at radius 3 is 2.35 bits per heavy atom. The lowest BCUT2D eigenvalue weighted by molar-refractivity contribution is -0.965. The van der Waals surface area contributed by atoms with Crippen molar-refractivity contribution in [2.45, 2.75) is 44.7 Å². The lowest BCUT2D eigenvalue weighted by Crippen LogP contribution is -3.20. The van der Waals surface area contributed by atoms with Gasteiger partial charge in [-0.05, 0) is 25.3 Å². The highest BCUT2D eigenvalue weighted by molar-refractivity contribution is 9.10. The van der Waals surface area contributed by atoms with E-state index in [2.05, 4.69) is 40.2 Å². The molecule has 3 rings (SSSR count). The third-order valence-corrected chi connectivity index (χ3v) is 5.94. The molecule has 3 heteroatoms. The van der Waals surface area contributed by atoms with Crippen LogP contribution < -0.4 is 9.80 Å². The number of benzene rings is 1. The average Bonchev–Trinajstić information content (AvgIpc) is 2.51. The zero-order valence-electron chi connectivity index (χ0n) is 12.3. The van der Waals surface area contributed by atoms with E-state index in [-0.39, 0.29) is 0 Å². The second-order valence-corrected chi connectivity index (χ2v) is 7.37. The molecule has 0 unspecified atom stereocenters. The number of nitrogens with one attached hydrogen (secondary N) is 2. The molecular formula is C17H27BrN2+2. The van der Waals surface area contributed by atoms with E-state index in [4.69, 9.17) is 0 Å². The molecule has 2 N–H and O–H groups in total. The first kappa shape index (κ1) is 14.6. The fraction of sp³-hybridized carbons (Fsp3) is 0.647. The summed E-state index contributed by atoms with van der Waals surface area (Å²) in [6.45, 7) is 6.77. The van der Waals surface area contributed by atoms with Crippen LogP contribution in [0.5, 0.6) is 0 Å². The molecule has 2 aliphatic heterocycles.